The average molecular weight is 595 g/mol. The molecule has 2 heteroatoms. The molecule has 0 bridgehead atoms. The van der Waals surface area contributed by atoms with Crippen LogP contribution in [0.1, 0.15) is 176 Å². The Bertz CT molecular complexity index is 915. The van der Waals surface area contributed by atoms with Crippen LogP contribution in [-0.2, 0) is 9.53 Å². The van der Waals surface area contributed by atoms with Crippen LogP contribution in [0.25, 0.3) is 0 Å². The van der Waals surface area contributed by atoms with Gasteiger partial charge in [0.05, 0.1) is 0 Å². The van der Waals surface area contributed by atoms with E-state index in [9.17, 15) is 4.79 Å². The first-order valence-electron chi connectivity index (χ1n) is 19.2. The van der Waals surface area contributed by atoms with Crippen molar-refractivity contribution in [2.24, 2.45) is 46.3 Å². The molecule has 0 aromatic rings. The van der Waals surface area contributed by atoms with Gasteiger partial charge in [-0.05, 0) is 117 Å². The number of carbonyl (C=O) groups excluding carboxylic acids is 1. The third-order valence-corrected chi connectivity index (χ3v) is 13.2. The van der Waals surface area contributed by atoms with Crippen molar-refractivity contribution in [3.63, 3.8) is 0 Å². The molecule has 3 saturated carbocycles. The van der Waals surface area contributed by atoms with E-state index in [1.165, 1.54) is 103 Å². The minimum Gasteiger partial charge on any atom is -0.462 e. The van der Waals surface area contributed by atoms with Gasteiger partial charge in [0.25, 0.3) is 0 Å². The van der Waals surface area contributed by atoms with E-state index in [0.717, 1.165) is 61.2 Å². The highest BCUT2D eigenvalue weighted by atomic mass is 16.5. The predicted octanol–water partition coefficient (Wildman–Crippen LogP) is 12.4. The highest BCUT2D eigenvalue weighted by Gasteiger charge is 2.59. The quantitative estimate of drug-likeness (QED) is 0.0951. The maximum Gasteiger partial charge on any atom is 0.306 e. The van der Waals surface area contributed by atoms with Crippen LogP contribution in [0.3, 0.4) is 0 Å². The number of esters is 1. The fraction of sp³-hybridized carbons (Fsp3) is 0.878. The molecule has 0 aliphatic heterocycles. The Morgan fingerprint density at radius 3 is 2.40 bits per heavy atom. The normalized spacial score (nSPS) is 34.5. The summed E-state index contributed by atoms with van der Waals surface area (Å²) in [4.78, 5) is 12.7. The number of fused-ring (bicyclic) bond motifs is 5. The Labute approximate surface area is 267 Å². The van der Waals surface area contributed by atoms with Crippen LogP contribution in [0.4, 0.5) is 0 Å². The smallest absolute Gasteiger partial charge is 0.306 e. The Balaban J connectivity index is 1.20. The van der Waals surface area contributed by atoms with Gasteiger partial charge < -0.3 is 4.74 Å². The SMILES string of the molecule is CCCCC=CCCCCCCCC(=O)OC1CC[C@@]2(C)C(=CCC3C2CC[C@@]2(C)C3CC[C@@H]2[C@H](C)CCCC(C)C)C1. The van der Waals surface area contributed by atoms with Crippen LogP contribution in [0.5, 0.6) is 0 Å². The fourth-order valence-corrected chi connectivity index (χ4v) is 10.6. The largest absolute Gasteiger partial charge is 0.462 e. The molecule has 0 heterocycles. The van der Waals surface area contributed by atoms with Crippen molar-refractivity contribution in [1.29, 1.82) is 0 Å². The third-order valence-electron chi connectivity index (χ3n) is 13.2. The van der Waals surface area contributed by atoms with Gasteiger partial charge in [0.2, 0.25) is 0 Å². The summed E-state index contributed by atoms with van der Waals surface area (Å²) < 4.78 is 6.10. The highest BCUT2D eigenvalue weighted by Crippen LogP contribution is 2.67. The minimum atomic E-state index is 0.0506. The third kappa shape index (κ3) is 8.82. The van der Waals surface area contributed by atoms with E-state index < -0.39 is 0 Å². The molecule has 0 spiro atoms. The average Bonchev–Trinajstić information content (AvgIpc) is 3.33. The van der Waals surface area contributed by atoms with Gasteiger partial charge in [-0.25, -0.2) is 0 Å². The Hall–Kier alpha value is -1.05. The van der Waals surface area contributed by atoms with E-state index in [0.29, 0.717) is 17.3 Å². The zero-order chi connectivity index (χ0) is 30.9. The molecule has 2 nitrogen and oxygen atoms in total. The lowest BCUT2D eigenvalue weighted by Crippen LogP contribution is -2.51. The summed E-state index contributed by atoms with van der Waals surface area (Å²) in [6.45, 7) is 14.9. The van der Waals surface area contributed by atoms with Crippen molar-refractivity contribution < 1.29 is 9.53 Å². The second kappa shape index (κ2) is 16.5. The van der Waals surface area contributed by atoms with Crippen molar-refractivity contribution in [2.75, 3.05) is 0 Å². The predicted molar refractivity (Wildman–Crippen MR) is 184 cm³/mol. The molecule has 0 N–H and O–H groups in total. The van der Waals surface area contributed by atoms with E-state index in [4.69, 9.17) is 4.74 Å². The van der Waals surface area contributed by atoms with Gasteiger partial charge in [-0.15, -0.1) is 0 Å². The van der Waals surface area contributed by atoms with Crippen molar-refractivity contribution >= 4 is 5.97 Å². The van der Waals surface area contributed by atoms with Crippen molar-refractivity contribution in [2.45, 2.75) is 182 Å². The first kappa shape index (κ1) is 34.8. The number of ether oxygens (including phenoxy) is 1. The molecule has 0 radical (unpaired) electrons. The van der Waals surface area contributed by atoms with Crippen LogP contribution in [0.2, 0.25) is 0 Å². The minimum absolute atomic E-state index is 0.0506. The van der Waals surface area contributed by atoms with E-state index in [2.05, 4.69) is 59.8 Å². The standard InChI is InChI=1S/C41H70O2/c1-7-8-9-10-11-12-13-14-15-16-17-21-39(42)43-34-26-28-40(5)33(30-34)22-23-35-37-25-24-36(32(4)20-18-19-31(2)3)41(37,6)29-27-38(35)40/h10-11,22,31-32,34-38H,7-9,12-21,23-30H2,1-6H3/t32-,34?,35?,36-,37?,38?,40+,41-/m1/s1. The summed E-state index contributed by atoms with van der Waals surface area (Å²) in [6.07, 6.45) is 33.6. The number of rotatable bonds is 17. The first-order valence-corrected chi connectivity index (χ1v) is 19.2. The van der Waals surface area contributed by atoms with E-state index >= 15 is 0 Å². The molecule has 3 fully saturated rings. The molecule has 0 amide bonds. The number of carbonyl (C=O) groups is 1. The van der Waals surface area contributed by atoms with Gasteiger partial charge in [0, 0.05) is 12.8 Å². The summed E-state index contributed by atoms with van der Waals surface area (Å²) in [5.41, 5.74) is 2.53. The molecule has 0 aromatic carbocycles. The first-order chi connectivity index (χ1) is 20.7. The van der Waals surface area contributed by atoms with Crippen LogP contribution in [0.15, 0.2) is 23.8 Å². The molecule has 0 saturated heterocycles. The van der Waals surface area contributed by atoms with Gasteiger partial charge in [-0.2, -0.15) is 0 Å². The topological polar surface area (TPSA) is 26.3 Å². The van der Waals surface area contributed by atoms with E-state index in [1.807, 2.05) is 0 Å². The monoisotopic (exact) mass is 595 g/mol. The fourth-order valence-electron chi connectivity index (χ4n) is 10.6. The number of unbranched alkanes of at least 4 members (excludes halogenated alkanes) is 7. The maximum atomic E-state index is 12.7. The second-order valence-electron chi connectivity index (χ2n) is 16.6. The van der Waals surface area contributed by atoms with Crippen molar-refractivity contribution in [1.82, 2.24) is 0 Å². The molecule has 246 valence electrons. The Kier molecular flexibility index (Phi) is 13.4. The zero-order valence-electron chi connectivity index (χ0n) is 29.4. The number of hydrogen-bond acceptors (Lipinski definition) is 2. The zero-order valence-corrected chi connectivity index (χ0v) is 29.4. The maximum absolute atomic E-state index is 12.7. The van der Waals surface area contributed by atoms with Crippen LogP contribution in [-0.4, -0.2) is 12.1 Å². The molecular weight excluding hydrogens is 524 g/mol. The van der Waals surface area contributed by atoms with Gasteiger partial charge in [-0.1, -0.05) is 117 Å². The number of allylic oxidation sites excluding steroid dienone is 3. The molecule has 43 heavy (non-hydrogen) atoms. The van der Waals surface area contributed by atoms with E-state index in [1.54, 1.807) is 5.57 Å². The van der Waals surface area contributed by atoms with Gasteiger partial charge in [0.15, 0.2) is 0 Å². The molecular formula is C41H70O2. The lowest BCUT2D eigenvalue weighted by Gasteiger charge is -2.58. The van der Waals surface area contributed by atoms with Gasteiger partial charge in [0.1, 0.15) is 6.10 Å². The molecule has 4 aliphatic rings. The molecule has 8 atom stereocenters. The van der Waals surface area contributed by atoms with Gasteiger partial charge in [-0.3, -0.25) is 4.79 Å². The van der Waals surface area contributed by atoms with Crippen molar-refractivity contribution in [3.8, 4) is 0 Å². The highest BCUT2D eigenvalue weighted by molar-refractivity contribution is 5.69. The molecule has 4 rings (SSSR count). The lowest BCUT2D eigenvalue weighted by atomic mass is 9.47. The molecule has 4 unspecified atom stereocenters. The summed E-state index contributed by atoms with van der Waals surface area (Å²) in [5.74, 6) is 5.32. The van der Waals surface area contributed by atoms with Gasteiger partial charge >= 0.3 is 5.97 Å². The Morgan fingerprint density at radius 1 is 0.884 bits per heavy atom. The van der Waals surface area contributed by atoms with E-state index in [-0.39, 0.29) is 12.1 Å². The summed E-state index contributed by atoms with van der Waals surface area (Å²) in [5, 5.41) is 0. The summed E-state index contributed by atoms with van der Waals surface area (Å²) in [7, 11) is 0. The second-order valence-corrected chi connectivity index (χ2v) is 16.6. The van der Waals surface area contributed by atoms with Crippen LogP contribution < -0.4 is 0 Å². The molecule has 0 aromatic heterocycles. The Morgan fingerprint density at radius 2 is 1.63 bits per heavy atom. The number of hydrogen-bond donors (Lipinski definition) is 0. The van der Waals surface area contributed by atoms with Crippen LogP contribution in [0, 0.1) is 46.3 Å². The van der Waals surface area contributed by atoms with Crippen molar-refractivity contribution in [3.05, 3.63) is 23.8 Å². The summed E-state index contributed by atoms with van der Waals surface area (Å²) >= 11 is 0. The molecule has 4 aliphatic carbocycles. The lowest BCUT2D eigenvalue weighted by molar-refractivity contribution is -0.151. The van der Waals surface area contributed by atoms with Crippen LogP contribution >= 0.6 is 0 Å². The summed E-state index contributed by atoms with van der Waals surface area (Å²) in [6, 6.07) is 0.